The van der Waals surface area contributed by atoms with Crippen molar-refractivity contribution >= 4 is 23.2 Å². The minimum atomic E-state index is -0.433. The molecule has 1 aromatic carbocycles. The molecule has 0 bridgehead atoms. The van der Waals surface area contributed by atoms with Crippen molar-refractivity contribution in [3.8, 4) is 5.75 Å². The summed E-state index contributed by atoms with van der Waals surface area (Å²) in [5.74, 6) is -0.553. The average molecular weight is 435 g/mol. The van der Waals surface area contributed by atoms with E-state index in [0.29, 0.717) is 26.1 Å². The maximum atomic E-state index is 14.0. The normalized spacial score (nSPS) is 15.6. The van der Waals surface area contributed by atoms with Gasteiger partial charge < -0.3 is 19.3 Å². The highest BCUT2D eigenvalue weighted by Gasteiger charge is 2.33. The molecule has 162 valence electrons. The van der Waals surface area contributed by atoms with E-state index in [0.717, 1.165) is 12.0 Å². The predicted molar refractivity (Wildman–Crippen MR) is 113 cm³/mol. The van der Waals surface area contributed by atoms with Gasteiger partial charge in [-0.15, -0.1) is 11.3 Å². The number of nitrogens with zero attached hydrogens (tertiary/aromatic N) is 2. The summed E-state index contributed by atoms with van der Waals surface area (Å²) in [4.78, 5) is 29.6. The number of amides is 2. The Hall–Kier alpha value is -2.45. The molecule has 2 heterocycles. The second-order valence-corrected chi connectivity index (χ2v) is 8.18. The number of hydrogen-bond acceptors (Lipinski definition) is 5. The molecule has 0 N–H and O–H groups in total. The third kappa shape index (κ3) is 5.37. The van der Waals surface area contributed by atoms with Crippen LogP contribution in [0.15, 0.2) is 35.7 Å². The molecule has 6 nitrogen and oxygen atoms in total. The lowest BCUT2D eigenvalue weighted by Gasteiger charge is -2.37. The molecule has 3 rings (SSSR count). The fourth-order valence-electron chi connectivity index (χ4n) is 3.61. The van der Waals surface area contributed by atoms with E-state index >= 15 is 0 Å². The Labute approximate surface area is 180 Å². The van der Waals surface area contributed by atoms with Crippen molar-refractivity contribution in [2.45, 2.75) is 25.8 Å². The number of hydrogen-bond donors (Lipinski definition) is 0. The average Bonchev–Trinajstić information content (AvgIpc) is 3.21. The molecule has 0 unspecified atom stereocenters. The van der Waals surface area contributed by atoms with Gasteiger partial charge in [0.1, 0.15) is 6.61 Å². The number of thiophene rings is 1. The molecule has 0 saturated heterocycles. The van der Waals surface area contributed by atoms with Crippen molar-refractivity contribution in [1.29, 1.82) is 0 Å². The molecule has 2 amide bonds. The molecule has 0 fully saturated rings. The van der Waals surface area contributed by atoms with Crippen LogP contribution in [-0.4, -0.2) is 61.6 Å². The van der Waals surface area contributed by atoms with Gasteiger partial charge in [-0.1, -0.05) is 12.1 Å². The smallest absolute Gasteiger partial charge is 0.242 e. The molecule has 0 saturated carbocycles. The first kappa shape index (κ1) is 22.2. The Morgan fingerprint density at radius 3 is 2.83 bits per heavy atom. The van der Waals surface area contributed by atoms with Crippen molar-refractivity contribution in [3.63, 3.8) is 0 Å². The summed E-state index contributed by atoms with van der Waals surface area (Å²) in [6, 6.07) is 7.92. The van der Waals surface area contributed by atoms with E-state index in [-0.39, 0.29) is 36.8 Å². The predicted octanol–water partition coefficient (Wildman–Crippen LogP) is 3.28. The minimum absolute atomic E-state index is 0.00865. The third-order valence-corrected chi connectivity index (χ3v) is 6.19. The van der Waals surface area contributed by atoms with E-state index in [1.165, 1.54) is 17.9 Å². The van der Waals surface area contributed by atoms with E-state index in [4.69, 9.17) is 9.47 Å². The SMILES string of the molecule is COCCCN(CC(=O)N1CCc2sccc2[C@H]1COc1ccccc1F)C(C)=O. The third-order valence-electron chi connectivity index (χ3n) is 5.20. The zero-order valence-electron chi connectivity index (χ0n) is 17.3. The van der Waals surface area contributed by atoms with Crippen LogP contribution < -0.4 is 4.74 Å². The van der Waals surface area contributed by atoms with Gasteiger partial charge in [-0.3, -0.25) is 9.59 Å². The first-order chi connectivity index (χ1) is 14.5. The Morgan fingerprint density at radius 2 is 2.10 bits per heavy atom. The van der Waals surface area contributed by atoms with Gasteiger partial charge in [-0.05, 0) is 42.0 Å². The van der Waals surface area contributed by atoms with Crippen molar-refractivity contribution in [1.82, 2.24) is 9.80 Å². The summed E-state index contributed by atoms with van der Waals surface area (Å²) in [6.45, 7) is 3.16. The molecular weight excluding hydrogens is 407 g/mol. The molecule has 1 aromatic heterocycles. The summed E-state index contributed by atoms with van der Waals surface area (Å²) in [7, 11) is 1.61. The van der Waals surface area contributed by atoms with Gasteiger partial charge in [0.15, 0.2) is 11.6 Å². The Morgan fingerprint density at radius 1 is 1.30 bits per heavy atom. The molecule has 8 heteroatoms. The van der Waals surface area contributed by atoms with Crippen molar-refractivity contribution < 1.29 is 23.5 Å². The summed E-state index contributed by atoms with van der Waals surface area (Å²) < 4.78 is 24.8. The fourth-order valence-corrected chi connectivity index (χ4v) is 4.54. The Kier molecular flexibility index (Phi) is 7.81. The number of para-hydroxylation sites is 1. The van der Waals surface area contributed by atoms with Crippen LogP contribution in [0.3, 0.4) is 0 Å². The second-order valence-electron chi connectivity index (χ2n) is 7.18. The molecule has 2 aromatic rings. The summed E-state index contributed by atoms with van der Waals surface area (Å²) >= 11 is 1.65. The monoisotopic (exact) mass is 434 g/mol. The topological polar surface area (TPSA) is 59.1 Å². The van der Waals surface area contributed by atoms with E-state index in [1.807, 2.05) is 11.4 Å². The van der Waals surface area contributed by atoms with Crippen LogP contribution in [0.2, 0.25) is 0 Å². The maximum Gasteiger partial charge on any atom is 0.242 e. The lowest BCUT2D eigenvalue weighted by atomic mass is 10.0. The number of ether oxygens (including phenoxy) is 2. The number of carbonyl (C=O) groups excluding carboxylic acids is 2. The highest BCUT2D eigenvalue weighted by molar-refractivity contribution is 7.10. The molecule has 1 aliphatic heterocycles. The molecule has 0 spiro atoms. The van der Waals surface area contributed by atoms with Gasteiger partial charge in [0, 0.05) is 38.6 Å². The number of benzene rings is 1. The highest BCUT2D eigenvalue weighted by atomic mass is 32.1. The number of fused-ring (bicyclic) bond motifs is 1. The fraction of sp³-hybridized carbons (Fsp3) is 0.455. The molecule has 1 aliphatic rings. The number of methoxy groups -OCH3 is 1. The second kappa shape index (κ2) is 10.5. The van der Waals surface area contributed by atoms with E-state index in [2.05, 4.69) is 0 Å². The van der Waals surface area contributed by atoms with Crippen molar-refractivity contribution in [2.75, 3.05) is 40.0 Å². The molecule has 1 atom stereocenters. The van der Waals surface area contributed by atoms with Gasteiger partial charge in [0.05, 0.1) is 12.6 Å². The minimum Gasteiger partial charge on any atom is -0.488 e. The summed E-state index contributed by atoms with van der Waals surface area (Å²) in [6.07, 6.45) is 1.43. The van der Waals surface area contributed by atoms with Crippen molar-refractivity contribution in [3.05, 3.63) is 52.0 Å². The first-order valence-electron chi connectivity index (χ1n) is 9.98. The largest absolute Gasteiger partial charge is 0.488 e. The van der Waals surface area contributed by atoms with Crippen LogP contribution in [0.5, 0.6) is 5.75 Å². The Bertz CT molecular complexity index is 872. The van der Waals surface area contributed by atoms with Gasteiger partial charge in [-0.25, -0.2) is 4.39 Å². The zero-order chi connectivity index (χ0) is 21.5. The van der Waals surface area contributed by atoms with Crippen LogP contribution >= 0.6 is 11.3 Å². The van der Waals surface area contributed by atoms with Crippen LogP contribution in [0.25, 0.3) is 0 Å². The summed E-state index contributed by atoms with van der Waals surface area (Å²) in [5.41, 5.74) is 1.03. The lowest BCUT2D eigenvalue weighted by molar-refractivity contribution is -0.142. The Balaban J connectivity index is 1.73. The quantitative estimate of drug-likeness (QED) is 0.569. The van der Waals surface area contributed by atoms with E-state index in [1.54, 1.807) is 46.4 Å². The van der Waals surface area contributed by atoms with Gasteiger partial charge in [0.25, 0.3) is 0 Å². The number of halogens is 1. The van der Waals surface area contributed by atoms with Crippen LogP contribution in [0, 0.1) is 5.82 Å². The van der Waals surface area contributed by atoms with E-state index in [9.17, 15) is 14.0 Å². The summed E-state index contributed by atoms with van der Waals surface area (Å²) in [5, 5.41) is 2.00. The maximum absolute atomic E-state index is 14.0. The van der Waals surface area contributed by atoms with Gasteiger partial charge in [0.2, 0.25) is 11.8 Å². The standard InChI is InChI=1S/C22H27FN2O4S/c1-16(26)24(10-5-12-28-2)14-22(27)25-11-8-21-17(9-13-30-21)19(25)15-29-20-7-4-3-6-18(20)23/h3-4,6-7,9,13,19H,5,8,10-12,14-15H2,1-2H3/t19-/m1/s1. The van der Waals surface area contributed by atoms with Gasteiger partial charge >= 0.3 is 0 Å². The lowest BCUT2D eigenvalue weighted by Crippen LogP contribution is -2.47. The zero-order valence-corrected chi connectivity index (χ0v) is 18.1. The number of rotatable bonds is 9. The first-order valence-corrected chi connectivity index (χ1v) is 10.9. The highest BCUT2D eigenvalue weighted by Crippen LogP contribution is 2.34. The number of carbonyl (C=O) groups is 2. The van der Waals surface area contributed by atoms with E-state index < -0.39 is 5.82 Å². The van der Waals surface area contributed by atoms with Crippen molar-refractivity contribution in [2.24, 2.45) is 0 Å². The molecule has 0 radical (unpaired) electrons. The van der Waals surface area contributed by atoms with Crippen LogP contribution in [0.1, 0.15) is 29.8 Å². The van der Waals surface area contributed by atoms with Crippen LogP contribution in [0.4, 0.5) is 4.39 Å². The van der Waals surface area contributed by atoms with Gasteiger partial charge in [-0.2, -0.15) is 0 Å². The molecule has 30 heavy (non-hydrogen) atoms. The molecule has 0 aliphatic carbocycles. The molecular formula is C22H27FN2O4S. The van der Waals surface area contributed by atoms with Crippen LogP contribution in [-0.2, 0) is 20.7 Å².